The summed E-state index contributed by atoms with van der Waals surface area (Å²) in [5.74, 6) is 0. The van der Waals surface area contributed by atoms with Gasteiger partial charge in [-0.1, -0.05) is 27.2 Å². The highest BCUT2D eigenvalue weighted by molar-refractivity contribution is 4.65. The molecule has 0 aromatic rings. The van der Waals surface area contributed by atoms with E-state index in [1.165, 1.54) is 38.8 Å². The maximum Gasteiger partial charge on any atom is 0.00641 e. The molecule has 98 valence electrons. The highest BCUT2D eigenvalue weighted by Crippen LogP contribution is 2.07. The molecule has 0 amide bonds. The summed E-state index contributed by atoms with van der Waals surface area (Å²) in [5.41, 5.74) is 0. The second-order valence-electron chi connectivity index (χ2n) is 4.84. The van der Waals surface area contributed by atoms with Crippen LogP contribution in [0.3, 0.4) is 0 Å². The van der Waals surface area contributed by atoms with Crippen molar-refractivity contribution in [3.8, 4) is 0 Å². The zero-order valence-corrected chi connectivity index (χ0v) is 12.1. The summed E-state index contributed by atoms with van der Waals surface area (Å²) in [6.07, 6.45) is 5.27. The van der Waals surface area contributed by atoms with Gasteiger partial charge in [0.2, 0.25) is 0 Å². The number of rotatable bonds is 10. The van der Waals surface area contributed by atoms with Gasteiger partial charge in [-0.25, -0.2) is 0 Å². The molecule has 2 atom stereocenters. The van der Waals surface area contributed by atoms with Gasteiger partial charge in [-0.2, -0.15) is 0 Å². The van der Waals surface area contributed by atoms with E-state index in [1.807, 2.05) is 0 Å². The van der Waals surface area contributed by atoms with Gasteiger partial charge in [0, 0.05) is 12.1 Å². The minimum atomic E-state index is 0.684. The molecule has 0 aromatic heterocycles. The summed E-state index contributed by atoms with van der Waals surface area (Å²) in [6, 6.07) is 1.43. The standard InChI is InChI=1S/C14H32N2/c1-6-14(5)16(8-3)12-10-9-11-13(4)15-7-2/h13-15H,6-12H2,1-5H3. The zero-order valence-electron chi connectivity index (χ0n) is 12.1. The van der Waals surface area contributed by atoms with E-state index in [2.05, 4.69) is 44.8 Å². The van der Waals surface area contributed by atoms with Crippen molar-refractivity contribution in [2.75, 3.05) is 19.6 Å². The molecule has 0 saturated heterocycles. The van der Waals surface area contributed by atoms with Crippen molar-refractivity contribution in [2.45, 2.75) is 72.4 Å². The third-order valence-corrected chi connectivity index (χ3v) is 3.51. The molecular weight excluding hydrogens is 196 g/mol. The first-order chi connectivity index (χ1) is 7.65. The predicted molar refractivity (Wildman–Crippen MR) is 74.0 cm³/mol. The average molecular weight is 228 g/mol. The van der Waals surface area contributed by atoms with Crippen molar-refractivity contribution in [1.82, 2.24) is 10.2 Å². The SMILES string of the molecule is CCNC(C)CCCCN(CC)C(C)CC. The molecule has 0 radical (unpaired) electrons. The molecule has 1 N–H and O–H groups in total. The highest BCUT2D eigenvalue weighted by Gasteiger charge is 2.09. The van der Waals surface area contributed by atoms with Gasteiger partial charge in [-0.05, 0) is 52.7 Å². The second kappa shape index (κ2) is 10.1. The van der Waals surface area contributed by atoms with Crippen LogP contribution in [0.2, 0.25) is 0 Å². The van der Waals surface area contributed by atoms with Crippen LogP contribution in [0, 0.1) is 0 Å². The molecular formula is C14H32N2. The maximum atomic E-state index is 3.47. The lowest BCUT2D eigenvalue weighted by molar-refractivity contribution is 0.209. The Morgan fingerprint density at radius 1 is 1.06 bits per heavy atom. The molecule has 0 heterocycles. The second-order valence-corrected chi connectivity index (χ2v) is 4.84. The summed E-state index contributed by atoms with van der Waals surface area (Å²) < 4.78 is 0. The van der Waals surface area contributed by atoms with Crippen LogP contribution in [0.5, 0.6) is 0 Å². The van der Waals surface area contributed by atoms with Crippen LogP contribution in [0.15, 0.2) is 0 Å². The minimum absolute atomic E-state index is 0.684. The van der Waals surface area contributed by atoms with Crippen LogP contribution in [0.4, 0.5) is 0 Å². The quantitative estimate of drug-likeness (QED) is 0.577. The zero-order chi connectivity index (χ0) is 12.4. The molecule has 16 heavy (non-hydrogen) atoms. The van der Waals surface area contributed by atoms with Crippen molar-refractivity contribution in [3.05, 3.63) is 0 Å². The summed E-state index contributed by atoms with van der Waals surface area (Å²) >= 11 is 0. The van der Waals surface area contributed by atoms with Gasteiger partial charge in [0.15, 0.2) is 0 Å². The number of nitrogens with one attached hydrogen (secondary N) is 1. The fraction of sp³-hybridized carbons (Fsp3) is 1.00. The lowest BCUT2D eigenvalue weighted by atomic mass is 10.1. The van der Waals surface area contributed by atoms with Gasteiger partial charge in [0.25, 0.3) is 0 Å². The van der Waals surface area contributed by atoms with Gasteiger partial charge in [0.1, 0.15) is 0 Å². The molecule has 0 aromatic carbocycles. The minimum Gasteiger partial charge on any atom is -0.315 e. The van der Waals surface area contributed by atoms with Crippen LogP contribution in [0.1, 0.15) is 60.3 Å². The largest absolute Gasteiger partial charge is 0.315 e. The van der Waals surface area contributed by atoms with E-state index in [9.17, 15) is 0 Å². The Morgan fingerprint density at radius 2 is 1.75 bits per heavy atom. The molecule has 2 nitrogen and oxygen atoms in total. The lowest BCUT2D eigenvalue weighted by Gasteiger charge is -2.27. The first-order valence-electron chi connectivity index (χ1n) is 7.13. The van der Waals surface area contributed by atoms with E-state index in [0.717, 1.165) is 12.6 Å². The first-order valence-corrected chi connectivity index (χ1v) is 7.13. The van der Waals surface area contributed by atoms with Crippen molar-refractivity contribution in [3.63, 3.8) is 0 Å². The first kappa shape index (κ1) is 15.9. The summed E-state index contributed by atoms with van der Waals surface area (Å²) in [6.45, 7) is 14.9. The Labute approximate surface area is 103 Å². The van der Waals surface area contributed by atoms with Gasteiger partial charge < -0.3 is 10.2 Å². The van der Waals surface area contributed by atoms with Crippen LogP contribution < -0.4 is 5.32 Å². The van der Waals surface area contributed by atoms with E-state index in [-0.39, 0.29) is 0 Å². The van der Waals surface area contributed by atoms with E-state index >= 15 is 0 Å². The lowest BCUT2D eigenvalue weighted by Crippen LogP contribution is -2.33. The Balaban J connectivity index is 3.55. The Morgan fingerprint density at radius 3 is 2.25 bits per heavy atom. The monoisotopic (exact) mass is 228 g/mol. The molecule has 0 aliphatic rings. The molecule has 0 aliphatic carbocycles. The van der Waals surface area contributed by atoms with Crippen LogP contribution in [-0.4, -0.2) is 36.6 Å². The van der Waals surface area contributed by atoms with Gasteiger partial charge in [-0.3, -0.25) is 0 Å². The highest BCUT2D eigenvalue weighted by atomic mass is 15.1. The van der Waals surface area contributed by atoms with Gasteiger partial charge >= 0.3 is 0 Å². The third-order valence-electron chi connectivity index (χ3n) is 3.51. The summed E-state index contributed by atoms with van der Waals surface area (Å²) in [5, 5.41) is 3.47. The van der Waals surface area contributed by atoms with Crippen molar-refractivity contribution in [2.24, 2.45) is 0 Å². The number of nitrogens with zero attached hydrogens (tertiary/aromatic N) is 1. The number of hydrogen-bond acceptors (Lipinski definition) is 2. The van der Waals surface area contributed by atoms with Crippen LogP contribution in [0.25, 0.3) is 0 Å². The molecule has 2 unspecified atom stereocenters. The summed E-state index contributed by atoms with van der Waals surface area (Å²) in [4.78, 5) is 2.60. The third kappa shape index (κ3) is 7.24. The number of hydrogen-bond donors (Lipinski definition) is 1. The number of unbranched alkanes of at least 4 members (excludes halogenated alkanes) is 1. The predicted octanol–water partition coefficient (Wildman–Crippen LogP) is 3.28. The molecule has 2 heteroatoms. The Bertz CT molecular complexity index is 148. The fourth-order valence-corrected chi connectivity index (χ4v) is 2.16. The van der Waals surface area contributed by atoms with E-state index in [0.29, 0.717) is 6.04 Å². The van der Waals surface area contributed by atoms with Crippen molar-refractivity contribution in [1.29, 1.82) is 0 Å². The van der Waals surface area contributed by atoms with E-state index in [4.69, 9.17) is 0 Å². The Kier molecular flexibility index (Phi) is 10.0. The normalized spacial score (nSPS) is 15.4. The summed E-state index contributed by atoms with van der Waals surface area (Å²) in [7, 11) is 0. The van der Waals surface area contributed by atoms with Crippen molar-refractivity contribution < 1.29 is 0 Å². The fourth-order valence-electron chi connectivity index (χ4n) is 2.16. The maximum absolute atomic E-state index is 3.47. The van der Waals surface area contributed by atoms with E-state index < -0.39 is 0 Å². The molecule has 0 fully saturated rings. The Hall–Kier alpha value is -0.0800. The van der Waals surface area contributed by atoms with Crippen LogP contribution in [-0.2, 0) is 0 Å². The molecule has 0 aliphatic heterocycles. The molecule has 0 rings (SSSR count). The smallest absolute Gasteiger partial charge is 0.00641 e. The molecule has 0 bridgehead atoms. The van der Waals surface area contributed by atoms with Crippen molar-refractivity contribution >= 4 is 0 Å². The topological polar surface area (TPSA) is 15.3 Å². The van der Waals surface area contributed by atoms with Crippen LogP contribution >= 0.6 is 0 Å². The van der Waals surface area contributed by atoms with Gasteiger partial charge in [-0.15, -0.1) is 0 Å². The van der Waals surface area contributed by atoms with E-state index in [1.54, 1.807) is 0 Å². The molecule has 0 spiro atoms. The average Bonchev–Trinajstić information content (AvgIpc) is 2.28. The van der Waals surface area contributed by atoms with Gasteiger partial charge in [0.05, 0.1) is 0 Å². The molecule has 0 saturated carbocycles.